The van der Waals surface area contributed by atoms with Crippen molar-refractivity contribution in [3.8, 4) is 0 Å². The average Bonchev–Trinajstić information content (AvgIpc) is 2.59. The Morgan fingerprint density at radius 2 is 1.21 bits per heavy atom. The first-order valence-electron chi connectivity index (χ1n) is 10.2. The van der Waals surface area contributed by atoms with Crippen LogP contribution in [0.15, 0.2) is 24.3 Å². The van der Waals surface area contributed by atoms with Crippen molar-refractivity contribution in [2.45, 2.75) is 110 Å². The quantitative estimate of drug-likeness (QED) is 0.242. The van der Waals surface area contributed by atoms with Gasteiger partial charge in [-0.2, -0.15) is 0 Å². The Hall–Kier alpha value is -0.890. The molecule has 0 rings (SSSR count). The smallest absolute Gasteiger partial charge is 0.161 e. The molecule has 0 aromatic carbocycles. The lowest BCUT2D eigenvalue weighted by atomic mass is 10.0. The zero-order valence-electron chi connectivity index (χ0n) is 16.1. The highest BCUT2D eigenvalue weighted by Crippen LogP contribution is 2.09. The minimum atomic E-state index is -0.757. The molecule has 24 heavy (non-hydrogen) atoms. The lowest BCUT2D eigenvalue weighted by Crippen LogP contribution is -2.19. The number of rotatable bonds is 17. The second-order valence-electron chi connectivity index (χ2n) is 6.74. The summed E-state index contributed by atoms with van der Waals surface area (Å²) in [5.74, 6) is 0.0151. The van der Waals surface area contributed by atoms with Gasteiger partial charge in [0.05, 0.1) is 0 Å². The number of hydrogen-bond acceptors (Lipinski definition) is 2. The maximum atomic E-state index is 11.9. The molecule has 0 aromatic heterocycles. The summed E-state index contributed by atoms with van der Waals surface area (Å²) >= 11 is 0. The zero-order chi connectivity index (χ0) is 17.9. The SMILES string of the molecule is CCCCC/C=C\CCCC(=O)C(O)CCC/C=C\CCCCC. The molecule has 0 aliphatic heterocycles. The van der Waals surface area contributed by atoms with E-state index in [1.165, 1.54) is 38.5 Å². The summed E-state index contributed by atoms with van der Waals surface area (Å²) in [5.41, 5.74) is 0. The summed E-state index contributed by atoms with van der Waals surface area (Å²) in [6.45, 7) is 4.43. The molecule has 2 heteroatoms. The van der Waals surface area contributed by atoms with Crippen molar-refractivity contribution < 1.29 is 9.90 Å². The standard InChI is InChI=1S/C22H40O2/c1-3-5-7-9-11-13-15-17-19-21(23)22(24)20-18-16-14-12-10-8-6-4-2/h11-14,21,23H,3-10,15-20H2,1-2H3/b13-11-,14-12-. The molecule has 0 fully saturated rings. The topological polar surface area (TPSA) is 37.3 Å². The number of unbranched alkanes of at least 4 members (excludes halogenated alkanes) is 8. The van der Waals surface area contributed by atoms with Crippen molar-refractivity contribution >= 4 is 5.78 Å². The van der Waals surface area contributed by atoms with Crippen LogP contribution in [-0.4, -0.2) is 17.0 Å². The van der Waals surface area contributed by atoms with Crippen LogP contribution in [0.25, 0.3) is 0 Å². The molecular formula is C22H40O2. The van der Waals surface area contributed by atoms with Crippen LogP contribution in [0, 0.1) is 0 Å². The summed E-state index contributed by atoms with van der Waals surface area (Å²) in [7, 11) is 0. The van der Waals surface area contributed by atoms with E-state index in [2.05, 4.69) is 38.2 Å². The molecule has 0 aromatic rings. The first kappa shape index (κ1) is 23.1. The highest BCUT2D eigenvalue weighted by atomic mass is 16.3. The van der Waals surface area contributed by atoms with Gasteiger partial charge in [0.15, 0.2) is 5.78 Å². The molecule has 0 bridgehead atoms. The van der Waals surface area contributed by atoms with E-state index >= 15 is 0 Å². The summed E-state index contributed by atoms with van der Waals surface area (Å²) in [6, 6.07) is 0. The zero-order valence-corrected chi connectivity index (χ0v) is 16.1. The first-order chi connectivity index (χ1) is 11.7. The highest BCUT2D eigenvalue weighted by molar-refractivity contribution is 5.82. The number of ketones is 1. The number of allylic oxidation sites excluding steroid dienone is 4. The number of aliphatic hydroxyl groups excluding tert-OH is 1. The monoisotopic (exact) mass is 336 g/mol. The van der Waals surface area contributed by atoms with Crippen molar-refractivity contribution in [3.63, 3.8) is 0 Å². The van der Waals surface area contributed by atoms with Gasteiger partial charge in [-0.15, -0.1) is 0 Å². The lowest BCUT2D eigenvalue weighted by molar-refractivity contribution is -0.127. The van der Waals surface area contributed by atoms with Crippen LogP contribution in [0.2, 0.25) is 0 Å². The molecule has 0 saturated heterocycles. The Balaban J connectivity index is 3.52. The van der Waals surface area contributed by atoms with Crippen LogP contribution in [0.4, 0.5) is 0 Å². The van der Waals surface area contributed by atoms with Crippen LogP contribution in [0.1, 0.15) is 104 Å². The largest absolute Gasteiger partial charge is 0.385 e. The van der Waals surface area contributed by atoms with Gasteiger partial charge in [-0.25, -0.2) is 0 Å². The van der Waals surface area contributed by atoms with E-state index < -0.39 is 6.10 Å². The molecule has 0 heterocycles. The van der Waals surface area contributed by atoms with Crippen molar-refractivity contribution in [2.24, 2.45) is 0 Å². The second kappa shape index (κ2) is 18.4. The minimum Gasteiger partial charge on any atom is -0.385 e. The Labute approximate surface area is 150 Å². The first-order valence-corrected chi connectivity index (χ1v) is 10.2. The third-order valence-electron chi connectivity index (χ3n) is 4.30. The fraction of sp³-hybridized carbons (Fsp3) is 0.773. The van der Waals surface area contributed by atoms with Gasteiger partial charge in [0.25, 0.3) is 0 Å². The van der Waals surface area contributed by atoms with E-state index in [-0.39, 0.29) is 5.78 Å². The molecule has 1 N–H and O–H groups in total. The van der Waals surface area contributed by atoms with Crippen LogP contribution in [0.5, 0.6) is 0 Å². The third kappa shape index (κ3) is 16.0. The Bertz CT molecular complexity index is 331. The van der Waals surface area contributed by atoms with Crippen molar-refractivity contribution in [3.05, 3.63) is 24.3 Å². The fourth-order valence-electron chi connectivity index (χ4n) is 2.65. The van der Waals surface area contributed by atoms with Crippen LogP contribution in [-0.2, 0) is 4.79 Å². The van der Waals surface area contributed by atoms with Gasteiger partial charge in [-0.1, -0.05) is 63.8 Å². The van der Waals surface area contributed by atoms with Crippen LogP contribution >= 0.6 is 0 Å². The summed E-state index contributed by atoms with van der Waals surface area (Å²) in [6.07, 6.45) is 22.8. The van der Waals surface area contributed by atoms with Crippen LogP contribution in [0.3, 0.4) is 0 Å². The van der Waals surface area contributed by atoms with E-state index in [9.17, 15) is 9.90 Å². The van der Waals surface area contributed by atoms with Gasteiger partial charge in [-0.05, 0) is 57.8 Å². The summed E-state index contributed by atoms with van der Waals surface area (Å²) in [5, 5.41) is 9.90. The average molecular weight is 337 g/mol. The number of carbonyl (C=O) groups is 1. The van der Waals surface area contributed by atoms with E-state index in [1.807, 2.05) is 0 Å². The maximum Gasteiger partial charge on any atom is 0.161 e. The Kier molecular flexibility index (Phi) is 17.8. The fourth-order valence-corrected chi connectivity index (χ4v) is 2.65. The Morgan fingerprint density at radius 1 is 0.750 bits per heavy atom. The highest BCUT2D eigenvalue weighted by Gasteiger charge is 2.13. The molecule has 1 atom stereocenters. The number of Topliss-reactive ketones (excluding diaryl/α,β-unsaturated/α-hetero) is 1. The number of hydrogen-bond donors (Lipinski definition) is 1. The van der Waals surface area contributed by atoms with E-state index in [0.29, 0.717) is 12.8 Å². The Morgan fingerprint density at radius 3 is 1.71 bits per heavy atom. The summed E-state index contributed by atoms with van der Waals surface area (Å²) < 4.78 is 0. The molecule has 0 saturated carbocycles. The van der Waals surface area contributed by atoms with E-state index in [0.717, 1.165) is 38.5 Å². The van der Waals surface area contributed by atoms with Gasteiger partial charge in [-0.3, -0.25) is 4.79 Å². The molecule has 0 aliphatic rings. The molecular weight excluding hydrogens is 296 g/mol. The molecule has 0 spiro atoms. The summed E-state index contributed by atoms with van der Waals surface area (Å²) in [4.78, 5) is 11.9. The number of aliphatic hydroxyl groups is 1. The van der Waals surface area contributed by atoms with Gasteiger partial charge >= 0.3 is 0 Å². The predicted molar refractivity (Wildman–Crippen MR) is 105 cm³/mol. The van der Waals surface area contributed by atoms with Gasteiger partial charge in [0, 0.05) is 6.42 Å². The molecule has 140 valence electrons. The molecule has 2 nitrogen and oxygen atoms in total. The van der Waals surface area contributed by atoms with Crippen molar-refractivity contribution in [1.29, 1.82) is 0 Å². The van der Waals surface area contributed by atoms with Crippen LogP contribution < -0.4 is 0 Å². The lowest BCUT2D eigenvalue weighted by Gasteiger charge is -2.08. The van der Waals surface area contributed by atoms with Gasteiger partial charge in [0.1, 0.15) is 6.10 Å². The third-order valence-corrected chi connectivity index (χ3v) is 4.30. The van der Waals surface area contributed by atoms with Crippen molar-refractivity contribution in [2.75, 3.05) is 0 Å². The predicted octanol–water partition coefficient (Wildman–Crippen LogP) is 6.53. The molecule has 0 radical (unpaired) electrons. The van der Waals surface area contributed by atoms with Gasteiger partial charge < -0.3 is 5.11 Å². The van der Waals surface area contributed by atoms with E-state index in [1.54, 1.807) is 0 Å². The molecule has 0 aliphatic carbocycles. The van der Waals surface area contributed by atoms with Crippen molar-refractivity contribution in [1.82, 2.24) is 0 Å². The van der Waals surface area contributed by atoms with E-state index in [4.69, 9.17) is 0 Å². The minimum absolute atomic E-state index is 0.0151. The number of carbonyl (C=O) groups excluding carboxylic acids is 1. The maximum absolute atomic E-state index is 11.9. The molecule has 1 unspecified atom stereocenters. The molecule has 0 amide bonds. The second-order valence-corrected chi connectivity index (χ2v) is 6.74. The van der Waals surface area contributed by atoms with Gasteiger partial charge in [0.2, 0.25) is 0 Å². The normalized spacial score (nSPS) is 13.1.